The molecule has 0 N–H and O–H groups in total. The van der Waals surface area contributed by atoms with Crippen molar-refractivity contribution in [2.24, 2.45) is 0 Å². The molecule has 1 aliphatic rings. The Balaban J connectivity index is 1.59. The van der Waals surface area contributed by atoms with Crippen molar-refractivity contribution in [2.45, 2.75) is 6.92 Å². The number of nitro benzene ring substituents is 1. The zero-order chi connectivity index (χ0) is 22.4. The summed E-state index contributed by atoms with van der Waals surface area (Å²) in [5, 5.41) is 10.7. The molecule has 1 heterocycles. The van der Waals surface area contributed by atoms with Crippen LogP contribution in [0.4, 0.5) is 5.69 Å². The first-order valence-electron chi connectivity index (χ1n) is 9.36. The molecule has 1 saturated heterocycles. The normalized spacial score (nSPS) is 14.8. The number of hydrogen-bond acceptors (Lipinski definition) is 8. The van der Waals surface area contributed by atoms with Crippen LogP contribution in [-0.2, 0) is 4.79 Å². The zero-order valence-electron chi connectivity index (χ0n) is 16.9. The first-order chi connectivity index (χ1) is 14.9. The van der Waals surface area contributed by atoms with Gasteiger partial charge in [-0.1, -0.05) is 30.0 Å². The van der Waals surface area contributed by atoms with Gasteiger partial charge in [0, 0.05) is 18.7 Å². The fourth-order valence-electron chi connectivity index (χ4n) is 2.79. The third-order valence-corrected chi connectivity index (χ3v) is 5.71. The van der Waals surface area contributed by atoms with Gasteiger partial charge >= 0.3 is 0 Å². The summed E-state index contributed by atoms with van der Waals surface area (Å²) in [7, 11) is 1.54. The highest BCUT2D eigenvalue weighted by atomic mass is 32.2. The monoisotopic (exact) mass is 460 g/mol. The van der Waals surface area contributed by atoms with Gasteiger partial charge in [0.15, 0.2) is 11.5 Å². The number of likely N-dealkylation sites (N-methyl/N-ethyl adjacent to an activating group) is 1. The van der Waals surface area contributed by atoms with Crippen LogP contribution in [0.5, 0.6) is 17.2 Å². The van der Waals surface area contributed by atoms with E-state index in [1.54, 1.807) is 23.1 Å². The van der Waals surface area contributed by atoms with Crippen LogP contribution in [0, 0.1) is 10.1 Å². The number of hydrogen-bond donors (Lipinski definition) is 0. The minimum Gasteiger partial charge on any atom is -0.493 e. The number of ether oxygens (including phenoxy) is 3. The lowest BCUT2D eigenvalue weighted by Crippen LogP contribution is -2.27. The van der Waals surface area contributed by atoms with Gasteiger partial charge in [-0.25, -0.2) is 0 Å². The summed E-state index contributed by atoms with van der Waals surface area (Å²) < 4.78 is 17.2. The quantitative estimate of drug-likeness (QED) is 0.180. The number of carbonyl (C=O) groups is 1. The molecule has 2 aromatic carbocycles. The Hall–Kier alpha value is -3.11. The Morgan fingerprint density at radius 3 is 2.45 bits per heavy atom. The van der Waals surface area contributed by atoms with E-state index in [-0.39, 0.29) is 24.8 Å². The fourth-order valence-corrected chi connectivity index (χ4v) is 4.18. The number of non-ortho nitro benzene ring substituents is 1. The van der Waals surface area contributed by atoms with Crippen molar-refractivity contribution in [1.29, 1.82) is 0 Å². The van der Waals surface area contributed by atoms with Crippen LogP contribution < -0.4 is 14.2 Å². The molecule has 8 nitrogen and oxygen atoms in total. The van der Waals surface area contributed by atoms with Crippen LogP contribution in [0.2, 0.25) is 0 Å². The number of methoxy groups -OCH3 is 1. The molecule has 0 bridgehead atoms. The van der Waals surface area contributed by atoms with Gasteiger partial charge < -0.3 is 14.2 Å². The lowest BCUT2D eigenvalue weighted by atomic mass is 10.2. The average Bonchev–Trinajstić information content (AvgIpc) is 3.04. The minimum absolute atomic E-state index is 0.00493. The van der Waals surface area contributed by atoms with Gasteiger partial charge in [0.1, 0.15) is 23.3 Å². The number of nitrogens with zero attached hydrogens (tertiary/aromatic N) is 2. The summed E-state index contributed by atoms with van der Waals surface area (Å²) in [4.78, 5) is 24.7. The lowest BCUT2D eigenvalue weighted by Gasteiger charge is -2.12. The van der Waals surface area contributed by atoms with Gasteiger partial charge in [0.05, 0.1) is 16.9 Å². The molecule has 3 rings (SSSR count). The first-order valence-corrected chi connectivity index (χ1v) is 10.6. The number of thioether (sulfide) groups is 1. The van der Waals surface area contributed by atoms with Crippen LogP contribution in [0.25, 0.3) is 6.08 Å². The van der Waals surface area contributed by atoms with Crippen LogP contribution in [0.3, 0.4) is 0 Å². The van der Waals surface area contributed by atoms with E-state index in [1.807, 2.05) is 13.0 Å². The Morgan fingerprint density at radius 1 is 1.13 bits per heavy atom. The second-order valence-corrected chi connectivity index (χ2v) is 7.96. The summed E-state index contributed by atoms with van der Waals surface area (Å²) in [5.74, 6) is 1.48. The standard InChI is InChI=1S/C21H20N2O6S2/c1-3-22-20(24)19(31-21(22)30)13-14-4-9-17(18(12-14)27-2)29-11-10-28-16-7-5-15(6-8-16)23(25)26/h4-9,12-13H,3,10-11H2,1-2H3. The molecule has 0 saturated carbocycles. The van der Waals surface area contributed by atoms with Gasteiger partial charge in [-0.15, -0.1) is 0 Å². The molecular weight excluding hydrogens is 440 g/mol. The first kappa shape index (κ1) is 22.6. The van der Waals surface area contributed by atoms with E-state index in [1.165, 1.54) is 43.1 Å². The summed E-state index contributed by atoms with van der Waals surface area (Å²) in [6.45, 7) is 2.93. The van der Waals surface area contributed by atoms with Crippen LogP contribution >= 0.6 is 24.0 Å². The Kier molecular flexibility index (Phi) is 7.48. The molecule has 1 amide bonds. The highest BCUT2D eigenvalue weighted by Crippen LogP contribution is 2.34. The third-order valence-electron chi connectivity index (χ3n) is 4.33. The maximum atomic E-state index is 12.4. The predicted octanol–water partition coefficient (Wildman–Crippen LogP) is 4.28. The second kappa shape index (κ2) is 10.3. The van der Waals surface area contributed by atoms with E-state index in [2.05, 4.69) is 0 Å². The van der Waals surface area contributed by atoms with Crippen molar-refractivity contribution < 1.29 is 23.9 Å². The highest BCUT2D eigenvalue weighted by Gasteiger charge is 2.30. The Morgan fingerprint density at radius 2 is 1.84 bits per heavy atom. The molecule has 162 valence electrons. The highest BCUT2D eigenvalue weighted by molar-refractivity contribution is 8.26. The molecule has 0 spiro atoms. The fraction of sp³-hybridized carbons (Fsp3) is 0.238. The Labute approximate surface area is 188 Å². The zero-order valence-corrected chi connectivity index (χ0v) is 18.5. The molecule has 31 heavy (non-hydrogen) atoms. The molecular formula is C21H20N2O6S2. The van der Waals surface area contributed by atoms with Crippen molar-refractivity contribution >= 4 is 46.0 Å². The Bertz CT molecular complexity index is 1020. The molecule has 0 unspecified atom stereocenters. The third kappa shape index (κ3) is 5.53. The molecule has 0 aliphatic carbocycles. The summed E-state index contributed by atoms with van der Waals surface area (Å²) in [5.41, 5.74) is 0.799. The molecule has 1 fully saturated rings. The molecule has 0 atom stereocenters. The number of rotatable bonds is 9. The molecule has 0 aromatic heterocycles. The summed E-state index contributed by atoms with van der Waals surface area (Å²) >= 11 is 6.51. The van der Waals surface area contributed by atoms with Crippen LogP contribution in [0.1, 0.15) is 12.5 Å². The van der Waals surface area contributed by atoms with E-state index >= 15 is 0 Å². The van der Waals surface area contributed by atoms with E-state index in [9.17, 15) is 14.9 Å². The number of benzene rings is 2. The largest absolute Gasteiger partial charge is 0.493 e. The van der Waals surface area contributed by atoms with Gasteiger partial charge in [0.25, 0.3) is 11.6 Å². The van der Waals surface area contributed by atoms with Crippen molar-refractivity contribution in [3.63, 3.8) is 0 Å². The molecule has 0 radical (unpaired) electrons. The molecule has 2 aromatic rings. The van der Waals surface area contributed by atoms with E-state index < -0.39 is 4.92 Å². The van der Waals surface area contributed by atoms with Crippen molar-refractivity contribution in [1.82, 2.24) is 4.90 Å². The van der Waals surface area contributed by atoms with E-state index in [0.29, 0.717) is 33.0 Å². The number of amides is 1. The number of nitro groups is 1. The molecule has 1 aliphatic heterocycles. The SMILES string of the molecule is CCN1C(=O)C(=Cc2ccc(OCCOc3ccc([N+](=O)[O-])cc3)c(OC)c2)SC1=S. The minimum atomic E-state index is -0.464. The maximum Gasteiger partial charge on any atom is 0.269 e. The van der Waals surface area contributed by atoms with Crippen molar-refractivity contribution in [3.8, 4) is 17.2 Å². The average molecular weight is 461 g/mol. The maximum absolute atomic E-state index is 12.4. The van der Waals surface area contributed by atoms with Gasteiger partial charge in [-0.2, -0.15) is 0 Å². The second-order valence-electron chi connectivity index (χ2n) is 6.28. The van der Waals surface area contributed by atoms with Crippen molar-refractivity contribution in [2.75, 3.05) is 26.9 Å². The summed E-state index contributed by atoms with van der Waals surface area (Å²) in [6.07, 6.45) is 1.78. The van der Waals surface area contributed by atoms with Gasteiger partial charge in [0.2, 0.25) is 0 Å². The van der Waals surface area contributed by atoms with Crippen LogP contribution in [0.15, 0.2) is 47.4 Å². The van der Waals surface area contributed by atoms with Crippen molar-refractivity contribution in [3.05, 3.63) is 63.0 Å². The van der Waals surface area contributed by atoms with E-state index in [4.69, 9.17) is 26.4 Å². The van der Waals surface area contributed by atoms with Gasteiger partial charge in [-0.3, -0.25) is 19.8 Å². The topological polar surface area (TPSA) is 91.1 Å². The van der Waals surface area contributed by atoms with E-state index in [0.717, 1.165) is 5.56 Å². The predicted molar refractivity (Wildman–Crippen MR) is 123 cm³/mol. The lowest BCUT2D eigenvalue weighted by molar-refractivity contribution is -0.384. The van der Waals surface area contributed by atoms with Crippen LogP contribution in [-0.4, -0.2) is 46.9 Å². The van der Waals surface area contributed by atoms with Gasteiger partial charge in [-0.05, 0) is 42.8 Å². The smallest absolute Gasteiger partial charge is 0.269 e. The molecule has 10 heteroatoms. The summed E-state index contributed by atoms with van der Waals surface area (Å²) in [6, 6.07) is 11.2. The number of carbonyl (C=O) groups excluding carboxylic acids is 1. The number of thiocarbonyl (C=S) groups is 1.